The number of alkyl halides is 3. The fourth-order valence-corrected chi connectivity index (χ4v) is 2.56. The third-order valence-corrected chi connectivity index (χ3v) is 3.77. The van der Waals surface area contributed by atoms with Gasteiger partial charge in [0.15, 0.2) is 0 Å². The van der Waals surface area contributed by atoms with Gasteiger partial charge in [-0.25, -0.2) is 0 Å². The number of carbonyl (C=O) groups excluding carboxylic acids is 2. The van der Waals surface area contributed by atoms with Crippen molar-refractivity contribution in [2.75, 3.05) is 5.32 Å². The summed E-state index contributed by atoms with van der Waals surface area (Å²) < 4.78 is 36.8. The molecule has 0 saturated heterocycles. The maximum Gasteiger partial charge on any atom is 0.471 e. The van der Waals surface area contributed by atoms with Gasteiger partial charge in [0.1, 0.15) is 11.6 Å². The van der Waals surface area contributed by atoms with Gasteiger partial charge in [-0.15, -0.1) is 0 Å². The van der Waals surface area contributed by atoms with Crippen molar-refractivity contribution in [3.63, 3.8) is 0 Å². The van der Waals surface area contributed by atoms with Gasteiger partial charge in [-0.3, -0.25) is 9.59 Å². The standard InChI is InChI=1S/C17H16F3N3O2/c18-17(19,20)16(25)23-14-7-3-4-11(9-14)8-12(10-21)15(24)22-13-5-1-2-6-13/h3-4,7-9,13H,1-2,5-6H2,(H,22,24)(H,23,25)/b12-8+. The van der Waals surface area contributed by atoms with Crippen LogP contribution < -0.4 is 10.6 Å². The van der Waals surface area contributed by atoms with Gasteiger partial charge in [-0.1, -0.05) is 25.0 Å². The number of carbonyl (C=O) groups is 2. The van der Waals surface area contributed by atoms with Crippen molar-refractivity contribution in [3.05, 3.63) is 35.4 Å². The predicted molar refractivity (Wildman–Crippen MR) is 85.1 cm³/mol. The predicted octanol–water partition coefficient (Wildman–Crippen LogP) is 3.15. The Hall–Kier alpha value is -2.82. The molecule has 0 unspecified atom stereocenters. The molecule has 25 heavy (non-hydrogen) atoms. The molecule has 2 amide bonds. The molecule has 0 bridgehead atoms. The van der Waals surface area contributed by atoms with Crippen molar-refractivity contribution >= 4 is 23.6 Å². The quantitative estimate of drug-likeness (QED) is 0.646. The Morgan fingerprint density at radius 2 is 1.92 bits per heavy atom. The fourth-order valence-electron chi connectivity index (χ4n) is 2.56. The van der Waals surface area contributed by atoms with E-state index in [1.807, 2.05) is 0 Å². The van der Waals surface area contributed by atoms with E-state index in [0.29, 0.717) is 5.56 Å². The summed E-state index contributed by atoms with van der Waals surface area (Å²) in [7, 11) is 0. The first-order chi connectivity index (χ1) is 11.8. The minimum absolute atomic E-state index is 0.0432. The van der Waals surface area contributed by atoms with Crippen molar-refractivity contribution in [1.82, 2.24) is 5.32 Å². The monoisotopic (exact) mass is 351 g/mol. The second-order valence-electron chi connectivity index (χ2n) is 5.70. The maximum atomic E-state index is 12.3. The second-order valence-corrected chi connectivity index (χ2v) is 5.70. The van der Waals surface area contributed by atoms with Crippen molar-refractivity contribution < 1.29 is 22.8 Å². The van der Waals surface area contributed by atoms with Gasteiger partial charge in [-0.05, 0) is 36.6 Å². The van der Waals surface area contributed by atoms with Crippen LogP contribution >= 0.6 is 0 Å². The van der Waals surface area contributed by atoms with Gasteiger partial charge >= 0.3 is 12.1 Å². The Kier molecular flexibility index (Phi) is 5.80. The fraction of sp³-hybridized carbons (Fsp3) is 0.353. The number of nitriles is 1. The highest BCUT2D eigenvalue weighted by molar-refractivity contribution is 6.02. The Morgan fingerprint density at radius 3 is 2.52 bits per heavy atom. The molecule has 8 heteroatoms. The third kappa shape index (κ3) is 5.35. The highest BCUT2D eigenvalue weighted by Crippen LogP contribution is 2.21. The van der Waals surface area contributed by atoms with E-state index in [-0.39, 0.29) is 17.3 Å². The first-order valence-electron chi connectivity index (χ1n) is 7.70. The zero-order valence-corrected chi connectivity index (χ0v) is 13.2. The van der Waals surface area contributed by atoms with Crippen LogP contribution in [0.15, 0.2) is 29.8 Å². The van der Waals surface area contributed by atoms with E-state index in [2.05, 4.69) is 5.32 Å². The summed E-state index contributed by atoms with van der Waals surface area (Å²) in [4.78, 5) is 23.1. The summed E-state index contributed by atoms with van der Waals surface area (Å²) in [6.45, 7) is 0. The molecule has 1 aliphatic rings. The SMILES string of the molecule is N#C/C(=C\c1cccc(NC(=O)C(F)(F)F)c1)C(=O)NC1CCCC1. The van der Waals surface area contributed by atoms with Crippen molar-refractivity contribution in [2.24, 2.45) is 0 Å². The zero-order chi connectivity index (χ0) is 18.4. The lowest BCUT2D eigenvalue weighted by Gasteiger charge is -2.11. The molecule has 1 aromatic rings. The number of rotatable bonds is 4. The number of anilines is 1. The van der Waals surface area contributed by atoms with E-state index < -0.39 is 18.0 Å². The summed E-state index contributed by atoms with van der Waals surface area (Å²) in [5.74, 6) is -2.60. The molecule has 1 saturated carbocycles. The highest BCUT2D eigenvalue weighted by atomic mass is 19.4. The van der Waals surface area contributed by atoms with E-state index in [1.165, 1.54) is 30.3 Å². The zero-order valence-electron chi connectivity index (χ0n) is 13.2. The van der Waals surface area contributed by atoms with E-state index in [0.717, 1.165) is 25.7 Å². The number of nitrogens with zero attached hydrogens (tertiary/aromatic N) is 1. The molecule has 0 atom stereocenters. The first-order valence-corrected chi connectivity index (χ1v) is 7.70. The summed E-state index contributed by atoms with van der Waals surface area (Å²) in [5.41, 5.74) is 0.105. The normalized spacial score (nSPS) is 15.5. The smallest absolute Gasteiger partial charge is 0.349 e. The van der Waals surface area contributed by atoms with Crippen molar-refractivity contribution in [2.45, 2.75) is 37.9 Å². The molecule has 2 N–H and O–H groups in total. The number of amides is 2. The third-order valence-electron chi connectivity index (χ3n) is 3.77. The summed E-state index contributed by atoms with van der Waals surface area (Å²) in [5, 5.41) is 13.6. The van der Waals surface area contributed by atoms with Crippen LogP contribution in [-0.4, -0.2) is 24.0 Å². The Morgan fingerprint density at radius 1 is 1.24 bits per heavy atom. The molecule has 0 aliphatic heterocycles. The summed E-state index contributed by atoms with van der Waals surface area (Å²) in [6, 6.07) is 7.31. The minimum atomic E-state index is -5.00. The molecule has 1 fully saturated rings. The van der Waals surface area contributed by atoms with Crippen LogP contribution in [0.1, 0.15) is 31.2 Å². The highest BCUT2D eigenvalue weighted by Gasteiger charge is 2.38. The maximum absolute atomic E-state index is 12.3. The van der Waals surface area contributed by atoms with Crippen LogP contribution in [0.5, 0.6) is 0 Å². The lowest BCUT2D eigenvalue weighted by Crippen LogP contribution is -2.33. The van der Waals surface area contributed by atoms with E-state index in [1.54, 1.807) is 11.4 Å². The van der Waals surface area contributed by atoms with E-state index in [4.69, 9.17) is 5.26 Å². The molecule has 0 heterocycles. The number of halogens is 3. The van der Waals surface area contributed by atoms with E-state index in [9.17, 15) is 22.8 Å². The average molecular weight is 351 g/mol. The Balaban J connectivity index is 2.12. The second kappa shape index (κ2) is 7.83. The molecule has 0 aromatic heterocycles. The molecule has 0 radical (unpaired) electrons. The summed E-state index contributed by atoms with van der Waals surface area (Å²) >= 11 is 0. The van der Waals surface area contributed by atoms with Gasteiger partial charge < -0.3 is 10.6 Å². The molecular weight excluding hydrogens is 335 g/mol. The van der Waals surface area contributed by atoms with Crippen molar-refractivity contribution in [3.8, 4) is 6.07 Å². The number of hydrogen-bond donors (Lipinski definition) is 2. The van der Waals surface area contributed by atoms with Crippen LogP contribution in [0.4, 0.5) is 18.9 Å². The van der Waals surface area contributed by atoms with Crippen LogP contribution in [-0.2, 0) is 9.59 Å². The molecule has 5 nitrogen and oxygen atoms in total. The Bertz CT molecular complexity index is 729. The van der Waals surface area contributed by atoms with Crippen LogP contribution in [0.25, 0.3) is 6.08 Å². The lowest BCUT2D eigenvalue weighted by atomic mass is 10.1. The summed E-state index contributed by atoms with van der Waals surface area (Å²) in [6.07, 6.45) is 0.0557. The average Bonchev–Trinajstić information content (AvgIpc) is 3.05. The number of benzene rings is 1. The molecule has 0 spiro atoms. The molecule has 1 aromatic carbocycles. The van der Waals surface area contributed by atoms with Crippen molar-refractivity contribution in [1.29, 1.82) is 5.26 Å². The topological polar surface area (TPSA) is 82.0 Å². The number of nitrogens with one attached hydrogen (secondary N) is 2. The van der Waals surface area contributed by atoms with Crippen LogP contribution in [0.2, 0.25) is 0 Å². The largest absolute Gasteiger partial charge is 0.471 e. The molecular formula is C17H16F3N3O2. The Labute approximate surface area is 142 Å². The van der Waals surface area contributed by atoms with Gasteiger partial charge in [-0.2, -0.15) is 18.4 Å². The molecule has 132 valence electrons. The number of hydrogen-bond acceptors (Lipinski definition) is 3. The van der Waals surface area contributed by atoms with Gasteiger partial charge in [0.05, 0.1) is 0 Å². The molecule has 1 aliphatic carbocycles. The van der Waals surface area contributed by atoms with Crippen LogP contribution in [0.3, 0.4) is 0 Å². The minimum Gasteiger partial charge on any atom is -0.349 e. The first kappa shape index (κ1) is 18.5. The van der Waals surface area contributed by atoms with Gasteiger partial charge in [0.2, 0.25) is 0 Å². The van der Waals surface area contributed by atoms with Crippen LogP contribution in [0, 0.1) is 11.3 Å². The lowest BCUT2D eigenvalue weighted by molar-refractivity contribution is -0.167. The molecule has 2 rings (SSSR count). The van der Waals surface area contributed by atoms with Gasteiger partial charge in [0.25, 0.3) is 5.91 Å². The van der Waals surface area contributed by atoms with E-state index >= 15 is 0 Å². The van der Waals surface area contributed by atoms with Gasteiger partial charge in [0, 0.05) is 11.7 Å².